The van der Waals surface area contributed by atoms with Crippen molar-refractivity contribution in [2.24, 2.45) is 0 Å². The number of carbonyl (C=O) groups is 2. The van der Waals surface area contributed by atoms with Gasteiger partial charge in [-0.2, -0.15) is 4.31 Å². The fourth-order valence-corrected chi connectivity index (χ4v) is 4.55. The highest BCUT2D eigenvalue weighted by atomic mass is 32.2. The molecule has 1 aliphatic heterocycles. The molecular weight excluding hydrogens is 344 g/mol. The van der Waals surface area contributed by atoms with E-state index in [4.69, 9.17) is 0 Å². The van der Waals surface area contributed by atoms with Crippen LogP contribution in [-0.2, 0) is 19.6 Å². The summed E-state index contributed by atoms with van der Waals surface area (Å²) in [5, 5.41) is 2.50. The minimum absolute atomic E-state index is 0.132. The van der Waals surface area contributed by atoms with Gasteiger partial charge in [-0.05, 0) is 44.4 Å². The van der Waals surface area contributed by atoms with Crippen LogP contribution in [0.1, 0.15) is 42.1 Å². The number of carbonyl (C=O) groups excluding carboxylic acids is 2. The molecule has 0 aromatic heterocycles. The van der Waals surface area contributed by atoms with Crippen molar-refractivity contribution in [2.45, 2.75) is 44.0 Å². The summed E-state index contributed by atoms with van der Waals surface area (Å²) in [6.07, 6.45) is 2.71. The van der Waals surface area contributed by atoms with Crippen LogP contribution in [-0.4, -0.2) is 50.8 Å². The van der Waals surface area contributed by atoms with Gasteiger partial charge in [0.25, 0.3) is 5.91 Å². The third kappa shape index (κ3) is 4.38. The lowest BCUT2D eigenvalue weighted by Crippen LogP contribution is -2.39. The first-order valence-electron chi connectivity index (χ1n) is 8.27. The van der Waals surface area contributed by atoms with Crippen LogP contribution >= 0.6 is 0 Å². The summed E-state index contributed by atoms with van der Waals surface area (Å²) in [6, 6.07) is 3.71. The molecule has 8 heteroatoms. The Morgan fingerprint density at radius 1 is 1.20 bits per heavy atom. The van der Waals surface area contributed by atoms with Gasteiger partial charge in [0.05, 0.1) is 12.0 Å². The summed E-state index contributed by atoms with van der Waals surface area (Å²) in [6.45, 7) is 4.20. The molecule has 138 valence electrons. The number of amides is 1. The lowest BCUT2D eigenvalue weighted by Gasteiger charge is -2.26. The highest BCUT2D eigenvalue weighted by Gasteiger charge is 2.28. The summed E-state index contributed by atoms with van der Waals surface area (Å²) in [7, 11) is -2.40. The molecule has 0 bridgehead atoms. The van der Waals surface area contributed by atoms with Gasteiger partial charge in [0.15, 0.2) is 0 Å². The largest absolute Gasteiger partial charge is 0.467 e. The highest BCUT2D eigenvalue weighted by molar-refractivity contribution is 7.89. The van der Waals surface area contributed by atoms with Gasteiger partial charge in [-0.25, -0.2) is 13.2 Å². The number of ether oxygens (including phenoxy) is 1. The highest BCUT2D eigenvalue weighted by Crippen LogP contribution is 2.24. The molecule has 1 heterocycles. The molecule has 0 unspecified atom stereocenters. The molecule has 1 aromatic carbocycles. The second-order valence-corrected chi connectivity index (χ2v) is 8.07. The zero-order valence-corrected chi connectivity index (χ0v) is 15.6. The third-order valence-corrected chi connectivity index (χ3v) is 6.33. The van der Waals surface area contributed by atoms with Crippen LogP contribution in [0.25, 0.3) is 0 Å². The summed E-state index contributed by atoms with van der Waals surface area (Å²) < 4.78 is 31.8. The lowest BCUT2D eigenvalue weighted by molar-refractivity contribution is -0.142. The summed E-state index contributed by atoms with van der Waals surface area (Å²) in [5.74, 6) is -1.09. The van der Waals surface area contributed by atoms with Crippen LogP contribution in [0.2, 0.25) is 0 Å². The van der Waals surface area contributed by atoms with Crippen LogP contribution in [0.3, 0.4) is 0 Å². The number of aryl methyl sites for hydroxylation is 1. The molecule has 1 amide bonds. The zero-order valence-electron chi connectivity index (χ0n) is 14.7. The van der Waals surface area contributed by atoms with Gasteiger partial charge in [-0.3, -0.25) is 4.79 Å². The molecular formula is C17H24N2O5S. The normalized spacial score (nSPS) is 16.9. The van der Waals surface area contributed by atoms with Crippen LogP contribution < -0.4 is 5.32 Å². The topological polar surface area (TPSA) is 92.8 Å². The number of esters is 1. The first-order valence-corrected chi connectivity index (χ1v) is 9.71. The van der Waals surface area contributed by atoms with Crippen LogP contribution in [0.4, 0.5) is 0 Å². The molecule has 0 aliphatic carbocycles. The van der Waals surface area contributed by atoms with E-state index in [1.807, 2.05) is 0 Å². The van der Waals surface area contributed by atoms with E-state index in [2.05, 4.69) is 10.1 Å². The minimum Gasteiger partial charge on any atom is -0.467 e. The maximum absolute atomic E-state index is 12.9. The molecule has 7 nitrogen and oxygen atoms in total. The number of sulfonamides is 1. The van der Waals surface area contributed by atoms with Crippen molar-refractivity contribution >= 4 is 21.9 Å². The molecule has 1 aromatic rings. The molecule has 1 fully saturated rings. The van der Waals surface area contributed by atoms with Crippen molar-refractivity contribution in [2.75, 3.05) is 20.2 Å². The Hall–Kier alpha value is -1.93. The fraction of sp³-hybridized carbons (Fsp3) is 0.529. The Bertz CT molecular complexity index is 754. The van der Waals surface area contributed by atoms with Gasteiger partial charge in [-0.1, -0.05) is 12.5 Å². The van der Waals surface area contributed by atoms with Crippen molar-refractivity contribution in [3.63, 3.8) is 0 Å². The van der Waals surface area contributed by atoms with E-state index in [0.717, 1.165) is 19.3 Å². The smallest absolute Gasteiger partial charge is 0.328 e. The molecule has 0 radical (unpaired) electrons. The monoisotopic (exact) mass is 368 g/mol. The van der Waals surface area contributed by atoms with E-state index in [9.17, 15) is 18.0 Å². The van der Waals surface area contributed by atoms with Crippen molar-refractivity contribution in [1.82, 2.24) is 9.62 Å². The van der Waals surface area contributed by atoms with Crippen molar-refractivity contribution in [1.29, 1.82) is 0 Å². The number of piperidine rings is 1. The van der Waals surface area contributed by atoms with Crippen LogP contribution in [0.5, 0.6) is 0 Å². The average Bonchev–Trinajstić information content (AvgIpc) is 2.61. The van der Waals surface area contributed by atoms with Crippen molar-refractivity contribution in [3.05, 3.63) is 29.3 Å². The molecule has 0 spiro atoms. The Morgan fingerprint density at radius 3 is 2.44 bits per heavy atom. The maximum Gasteiger partial charge on any atom is 0.328 e. The van der Waals surface area contributed by atoms with E-state index in [1.54, 1.807) is 19.1 Å². The van der Waals surface area contributed by atoms with Gasteiger partial charge >= 0.3 is 5.97 Å². The van der Waals surface area contributed by atoms with E-state index in [1.165, 1.54) is 24.4 Å². The lowest BCUT2D eigenvalue weighted by atomic mass is 10.1. The van der Waals surface area contributed by atoms with Crippen molar-refractivity contribution in [3.8, 4) is 0 Å². The van der Waals surface area contributed by atoms with Crippen molar-refractivity contribution < 1.29 is 22.7 Å². The number of hydrogen-bond donors (Lipinski definition) is 1. The molecule has 25 heavy (non-hydrogen) atoms. The van der Waals surface area contributed by atoms with Crippen LogP contribution in [0.15, 0.2) is 23.1 Å². The quantitative estimate of drug-likeness (QED) is 0.795. The Kier molecular flexibility index (Phi) is 6.18. The Morgan fingerprint density at radius 2 is 1.84 bits per heavy atom. The molecule has 1 N–H and O–H groups in total. The first kappa shape index (κ1) is 19.4. The molecule has 1 atom stereocenters. The van der Waals surface area contributed by atoms with Gasteiger partial charge < -0.3 is 10.1 Å². The maximum atomic E-state index is 12.9. The van der Waals surface area contributed by atoms with E-state index in [0.29, 0.717) is 18.7 Å². The molecule has 1 saturated heterocycles. The summed E-state index contributed by atoms with van der Waals surface area (Å²) in [4.78, 5) is 23.9. The van der Waals surface area contributed by atoms with Crippen LogP contribution in [0, 0.1) is 6.92 Å². The number of rotatable bonds is 5. The fourth-order valence-electron chi connectivity index (χ4n) is 2.78. The third-order valence-electron chi connectivity index (χ3n) is 4.29. The number of benzene rings is 1. The summed E-state index contributed by atoms with van der Waals surface area (Å²) in [5.41, 5.74) is 0.778. The average molecular weight is 368 g/mol. The van der Waals surface area contributed by atoms with Gasteiger partial charge in [0.1, 0.15) is 6.04 Å². The SMILES string of the molecule is COC(=O)[C@@H](C)NC(=O)c1ccc(C)c(S(=O)(=O)N2CCCCC2)c1. The Labute approximate surface area is 148 Å². The van der Waals surface area contributed by atoms with Gasteiger partial charge in [-0.15, -0.1) is 0 Å². The second-order valence-electron chi connectivity index (χ2n) is 6.16. The molecule has 2 rings (SSSR count). The standard InChI is InChI=1S/C17H24N2O5S/c1-12-7-8-14(16(20)18-13(2)17(21)24-3)11-15(12)25(22,23)19-9-5-4-6-10-19/h7-8,11,13H,4-6,9-10H2,1-3H3,(H,18,20)/t13-/m1/s1. The number of hydrogen-bond acceptors (Lipinski definition) is 5. The predicted octanol–water partition coefficient (Wildman–Crippen LogP) is 1.46. The number of nitrogens with zero attached hydrogens (tertiary/aromatic N) is 1. The summed E-state index contributed by atoms with van der Waals surface area (Å²) >= 11 is 0. The van der Waals surface area contributed by atoms with E-state index in [-0.39, 0.29) is 10.5 Å². The molecule has 1 aliphatic rings. The zero-order chi connectivity index (χ0) is 18.6. The van der Waals surface area contributed by atoms with E-state index < -0.39 is 27.9 Å². The van der Waals surface area contributed by atoms with Gasteiger partial charge in [0, 0.05) is 18.7 Å². The second kappa shape index (κ2) is 7.97. The van der Waals surface area contributed by atoms with Gasteiger partial charge in [0.2, 0.25) is 10.0 Å². The Balaban J connectivity index is 2.28. The van der Waals surface area contributed by atoms with E-state index >= 15 is 0 Å². The predicted molar refractivity (Wildman–Crippen MR) is 92.7 cm³/mol. The molecule has 0 saturated carbocycles. The number of methoxy groups -OCH3 is 1. The minimum atomic E-state index is -3.64. The first-order chi connectivity index (χ1) is 11.8. The number of nitrogens with one attached hydrogen (secondary N) is 1.